The molecule has 1 unspecified atom stereocenters. The van der Waals surface area contributed by atoms with Gasteiger partial charge in [0.1, 0.15) is 5.82 Å². The van der Waals surface area contributed by atoms with E-state index in [2.05, 4.69) is 5.32 Å². The minimum atomic E-state index is -1.00. The number of aryl methyl sites for hydroxylation is 1. The Morgan fingerprint density at radius 2 is 1.85 bits per heavy atom. The zero-order valence-electron chi connectivity index (χ0n) is 10.8. The van der Waals surface area contributed by atoms with E-state index in [0.29, 0.717) is 0 Å². The van der Waals surface area contributed by atoms with Crippen molar-refractivity contribution in [3.63, 3.8) is 0 Å². The number of benzene rings is 2. The van der Waals surface area contributed by atoms with Gasteiger partial charge in [-0.15, -0.1) is 0 Å². The second kappa shape index (κ2) is 4.96. The van der Waals surface area contributed by atoms with Crippen LogP contribution in [-0.4, -0.2) is 11.2 Å². The molecule has 3 rings (SSSR count). The lowest BCUT2D eigenvalue weighted by atomic mass is 9.99. The molecule has 0 aliphatic heterocycles. The highest BCUT2D eigenvalue weighted by Gasteiger charge is 2.24. The standard InChI is InChI=1S/C16H14FNO2/c17-13-6-3-10(4-7-13)12-2-1-11-5-8-15(14(11)9-12)18-16(19)20/h1-4,6-7,9,15,18H,5,8H2,(H,19,20). The molecule has 102 valence electrons. The normalized spacial score (nSPS) is 16.8. The molecular formula is C16H14FNO2. The lowest BCUT2D eigenvalue weighted by Gasteiger charge is -2.12. The summed E-state index contributed by atoms with van der Waals surface area (Å²) in [6, 6.07) is 12.2. The monoisotopic (exact) mass is 271 g/mol. The molecule has 20 heavy (non-hydrogen) atoms. The summed E-state index contributed by atoms with van der Waals surface area (Å²) in [5.74, 6) is -0.264. The van der Waals surface area contributed by atoms with Gasteiger partial charge in [-0.1, -0.05) is 24.3 Å². The molecule has 0 heterocycles. The summed E-state index contributed by atoms with van der Waals surface area (Å²) in [6.45, 7) is 0. The minimum Gasteiger partial charge on any atom is -0.465 e. The van der Waals surface area contributed by atoms with E-state index in [-0.39, 0.29) is 11.9 Å². The van der Waals surface area contributed by atoms with Crippen LogP contribution in [0.25, 0.3) is 11.1 Å². The molecule has 1 atom stereocenters. The minimum absolute atomic E-state index is 0.150. The summed E-state index contributed by atoms with van der Waals surface area (Å²) in [4.78, 5) is 10.8. The predicted molar refractivity (Wildman–Crippen MR) is 74.1 cm³/mol. The Balaban J connectivity index is 1.96. The highest BCUT2D eigenvalue weighted by molar-refractivity contribution is 5.68. The third kappa shape index (κ3) is 2.37. The lowest BCUT2D eigenvalue weighted by Crippen LogP contribution is -2.24. The molecule has 1 aliphatic carbocycles. The first kappa shape index (κ1) is 12.7. The first-order valence-electron chi connectivity index (χ1n) is 6.52. The maximum absolute atomic E-state index is 13.0. The van der Waals surface area contributed by atoms with Crippen molar-refractivity contribution >= 4 is 6.09 Å². The average Bonchev–Trinajstić information content (AvgIpc) is 2.81. The molecule has 0 radical (unpaired) electrons. The van der Waals surface area contributed by atoms with Gasteiger partial charge in [0, 0.05) is 0 Å². The molecular weight excluding hydrogens is 257 g/mol. The summed E-state index contributed by atoms with van der Waals surface area (Å²) >= 11 is 0. The largest absolute Gasteiger partial charge is 0.465 e. The van der Waals surface area contributed by atoms with Crippen molar-refractivity contribution in [1.29, 1.82) is 0 Å². The number of amides is 1. The molecule has 0 saturated heterocycles. The van der Waals surface area contributed by atoms with Gasteiger partial charge in [-0.3, -0.25) is 0 Å². The number of hydrogen-bond donors (Lipinski definition) is 2. The molecule has 4 heteroatoms. The van der Waals surface area contributed by atoms with Crippen LogP contribution in [-0.2, 0) is 6.42 Å². The summed E-state index contributed by atoms with van der Waals surface area (Å²) in [6.07, 6.45) is 0.661. The summed E-state index contributed by atoms with van der Waals surface area (Å²) in [5, 5.41) is 11.4. The van der Waals surface area contributed by atoms with E-state index in [1.807, 2.05) is 18.2 Å². The predicted octanol–water partition coefficient (Wildman–Crippen LogP) is 3.75. The quantitative estimate of drug-likeness (QED) is 0.874. The molecule has 2 aromatic rings. The van der Waals surface area contributed by atoms with Gasteiger partial charge in [-0.2, -0.15) is 0 Å². The molecule has 3 nitrogen and oxygen atoms in total. The van der Waals surface area contributed by atoms with Crippen LogP contribution in [0.2, 0.25) is 0 Å². The van der Waals surface area contributed by atoms with E-state index in [1.165, 1.54) is 17.7 Å². The summed E-state index contributed by atoms with van der Waals surface area (Å²) < 4.78 is 13.0. The van der Waals surface area contributed by atoms with Gasteiger partial charge in [0.2, 0.25) is 0 Å². The van der Waals surface area contributed by atoms with E-state index in [9.17, 15) is 9.18 Å². The van der Waals surface area contributed by atoms with E-state index in [0.717, 1.165) is 29.5 Å². The number of rotatable bonds is 2. The van der Waals surface area contributed by atoms with E-state index < -0.39 is 6.09 Å². The molecule has 1 aliphatic rings. The van der Waals surface area contributed by atoms with Crippen LogP contribution in [0.15, 0.2) is 42.5 Å². The Labute approximate surface area is 116 Å². The fourth-order valence-corrected chi connectivity index (χ4v) is 2.72. The molecule has 0 spiro atoms. The number of nitrogens with one attached hydrogen (secondary N) is 1. The summed E-state index contributed by atoms with van der Waals surface area (Å²) in [7, 11) is 0. The van der Waals surface area contributed by atoms with Crippen molar-refractivity contribution in [2.45, 2.75) is 18.9 Å². The second-order valence-corrected chi connectivity index (χ2v) is 4.96. The van der Waals surface area contributed by atoms with Gasteiger partial charge in [-0.05, 0) is 53.3 Å². The van der Waals surface area contributed by atoms with Crippen molar-refractivity contribution in [3.05, 3.63) is 59.4 Å². The van der Waals surface area contributed by atoms with E-state index in [1.54, 1.807) is 12.1 Å². The number of fused-ring (bicyclic) bond motifs is 1. The van der Waals surface area contributed by atoms with Crippen molar-refractivity contribution in [2.24, 2.45) is 0 Å². The Bertz CT molecular complexity index is 652. The number of carboxylic acid groups (broad SMARTS) is 1. The highest BCUT2D eigenvalue weighted by atomic mass is 19.1. The van der Waals surface area contributed by atoms with Gasteiger partial charge >= 0.3 is 6.09 Å². The maximum atomic E-state index is 13.0. The van der Waals surface area contributed by atoms with Gasteiger partial charge in [0.05, 0.1) is 6.04 Å². The second-order valence-electron chi connectivity index (χ2n) is 4.96. The topological polar surface area (TPSA) is 49.3 Å². The Hall–Kier alpha value is -2.36. The van der Waals surface area contributed by atoms with Crippen LogP contribution in [0.3, 0.4) is 0 Å². The maximum Gasteiger partial charge on any atom is 0.405 e. The number of halogens is 1. The number of carbonyl (C=O) groups is 1. The average molecular weight is 271 g/mol. The zero-order valence-corrected chi connectivity index (χ0v) is 10.8. The molecule has 0 saturated carbocycles. The van der Waals surface area contributed by atoms with Crippen LogP contribution in [0, 0.1) is 5.82 Å². The van der Waals surface area contributed by atoms with Gasteiger partial charge in [0.25, 0.3) is 0 Å². The molecule has 0 fully saturated rings. The lowest BCUT2D eigenvalue weighted by molar-refractivity contribution is 0.190. The molecule has 0 bridgehead atoms. The Morgan fingerprint density at radius 1 is 1.15 bits per heavy atom. The van der Waals surface area contributed by atoms with Gasteiger partial charge < -0.3 is 10.4 Å². The van der Waals surface area contributed by atoms with Crippen molar-refractivity contribution in [1.82, 2.24) is 5.32 Å². The first-order valence-corrected chi connectivity index (χ1v) is 6.52. The van der Waals surface area contributed by atoms with Gasteiger partial charge in [-0.25, -0.2) is 9.18 Å². The van der Waals surface area contributed by atoms with Crippen LogP contribution >= 0.6 is 0 Å². The fraction of sp³-hybridized carbons (Fsp3) is 0.188. The fourth-order valence-electron chi connectivity index (χ4n) is 2.72. The smallest absolute Gasteiger partial charge is 0.405 e. The van der Waals surface area contributed by atoms with Crippen molar-refractivity contribution in [3.8, 4) is 11.1 Å². The van der Waals surface area contributed by atoms with Crippen molar-refractivity contribution < 1.29 is 14.3 Å². The number of hydrogen-bond acceptors (Lipinski definition) is 1. The SMILES string of the molecule is O=C(O)NC1CCc2ccc(-c3ccc(F)cc3)cc21. The van der Waals surface area contributed by atoms with Crippen molar-refractivity contribution in [2.75, 3.05) is 0 Å². The van der Waals surface area contributed by atoms with Crippen LogP contribution in [0.4, 0.5) is 9.18 Å². The van der Waals surface area contributed by atoms with Gasteiger partial charge in [0.15, 0.2) is 0 Å². The van der Waals surface area contributed by atoms with Crippen LogP contribution < -0.4 is 5.32 Å². The molecule has 2 N–H and O–H groups in total. The Kier molecular flexibility index (Phi) is 3.14. The summed E-state index contributed by atoms with van der Waals surface area (Å²) in [5.41, 5.74) is 4.10. The molecule has 0 aromatic heterocycles. The third-order valence-electron chi connectivity index (χ3n) is 3.70. The first-order chi connectivity index (χ1) is 9.63. The molecule has 2 aromatic carbocycles. The Morgan fingerprint density at radius 3 is 2.55 bits per heavy atom. The highest BCUT2D eigenvalue weighted by Crippen LogP contribution is 2.34. The van der Waals surface area contributed by atoms with Crippen LogP contribution in [0.1, 0.15) is 23.6 Å². The van der Waals surface area contributed by atoms with Crippen LogP contribution in [0.5, 0.6) is 0 Å². The van der Waals surface area contributed by atoms with E-state index in [4.69, 9.17) is 5.11 Å². The molecule has 1 amide bonds. The zero-order chi connectivity index (χ0) is 14.1. The third-order valence-corrected chi connectivity index (χ3v) is 3.70. The van der Waals surface area contributed by atoms with E-state index >= 15 is 0 Å².